The van der Waals surface area contributed by atoms with Crippen LogP contribution in [0.3, 0.4) is 0 Å². The van der Waals surface area contributed by atoms with Crippen molar-refractivity contribution in [1.29, 1.82) is 0 Å². The van der Waals surface area contributed by atoms with Crippen LogP contribution in [0.5, 0.6) is 0 Å². The van der Waals surface area contributed by atoms with Gasteiger partial charge in [-0.15, -0.1) is 0 Å². The SMILES string of the molecule is Cc1c(CC(=O)O)c2c(Br)cccc2n1Cc1ccccc1. The number of benzene rings is 2. The summed E-state index contributed by atoms with van der Waals surface area (Å²) in [4.78, 5) is 11.2. The summed E-state index contributed by atoms with van der Waals surface area (Å²) in [6, 6.07) is 16.2. The minimum Gasteiger partial charge on any atom is -0.481 e. The number of aromatic nitrogens is 1. The Morgan fingerprint density at radius 2 is 1.86 bits per heavy atom. The predicted molar refractivity (Wildman–Crippen MR) is 91.3 cm³/mol. The van der Waals surface area contributed by atoms with E-state index >= 15 is 0 Å². The summed E-state index contributed by atoms with van der Waals surface area (Å²) in [5.74, 6) is -0.808. The molecule has 3 nitrogen and oxygen atoms in total. The molecule has 1 aromatic heterocycles. The molecular formula is C18H16BrNO2. The van der Waals surface area contributed by atoms with Crippen LogP contribution in [0.15, 0.2) is 53.0 Å². The summed E-state index contributed by atoms with van der Waals surface area (Å²) in [7, 11) is 0. The Hall–Kier alpha value is -2.07. The van der Waals surface area contributed by atoms with Crippen molar-refractivity contribution in [2.24, 2.45) is 0 Å². The molecule has 2 aromatic carbocycles. The number of carbonyl (C=O) groups is 1. The van der Waals surface area contributed by atoms with Gasteiger partial charge in [-0.25, -0.2) is 0 Å². The predicted octanol–water partition coefficient (Wildman–Crippen LogP) is 4.39. The van der Waals surface area contributed by atoms with Crippen LogP contribution < -0.4 is 0 Å². The molecule has 112 valence electrons. The molecule has 0 amide bonds. The number of rotatable bonds is 4. The fraction of sp³-hybridized carbons (Fsp3) is 0.167. The van der Waals surface area contributed by atoms with E-state index in [1.807, 2.05) is 43.3 Å². The van der Waals surface area contributed by atoms with E-state index in [1.54, 1.807) is 0 Å². The molecule has 22 heavy (non-hydrogen) atoms. The molecule has 0 aliphatic rings. The van der Waals surface area contributed by atoms with Gasteiger partial charge in [-0.1, -0.05) is 52.3 Å². The second-order valence-corrected chi connectivity index (χ2v) is 6.19. The van der Waals surface area contributed by atoms with E-state index in [4.69, 9.17) is 0 Å². The van der Waals surface area contributed by atoms with Crippen molar-refractivity contribution < 1.29 is 9.90 Å². The zero-order valence-electron chi connectivity index (χ0n) is 12.2. The maximum Gasteiger partial charge on any atom is 0.307 e. The number of nitrogens with zero attached hydrogens (tertiary/aromatic N) is 1. The van der Waals surface area contributed by atoms with Crippen LogP contribution in [-0.4, -0.2) is 15.6 Å². The minimum absolute atomic E-state index is 0.0345. The fourth-order valence-corrected chi connectivity index (χ4v) is 3.49. The van der Waals surface area contributed by atoms with Crippen molar-refractivity contribution in [2.75, 3.05) is 0 Å². The molecule has 0 radical (unpaired) electrons. The molecule has 0 fully saturated rings. The first-order chi connectivity index (χ1) is 10.6. The van der Waals surface area contributed by atoms with Crippen LogP contribution in [0, 0.1) is 6.92 Å². The van der Waals surface area contributed by atoms with Crippen molar-refractivity contribution in [1.82, 2.24) is 4.57 Å². The number of carboxylic acids is 1. The summed E-state index contributed by atoms with van der Waals surface area (Å²) in [6.45, 7) is 2.73. The highest BCUT2D eigenvalue weighted by molar-refractivity contribution is 9.10. The molecule has 1 heterocycles. The fourth-order valence-electron chi connectivity index (χ4n) is 2.90. The highest BCUT2D eigenvalue weighted by atomic mass is 79.9. The Labute approximate surface area is 137 Å². The van der Waals surface area contributed by atoms with Crippen LogP contribution in [0.25, 0.3) is 10.9 Å². The third-order valence-corrected chi connectivity index (χ3v) is 4.60. The maximum atomic E-state index is 11.2. The lowest BCUT2D eigenvalue weighted by Gasteiger charge is -2.09. The number of halogens is 1. The number of fused-ring (bicyclic) bond motifs is 1. The summed E-state index contributed by atoms with van der Waals surface area (Å²) in [5, 5.41) is 10.2. The second-order valence-electron chi connectivity index (χ2n) is 5.34. The van der Waals surface area contributed by atoms with Gasteiger partial charge in [-0.3, -0.25) is 4.79 Å². The smallest absolute Gasteiger partial charge is 0.307 e. The molecule has 0 saturated carbocycles. The van der Waals surface area contributed by atoms with Gasteiger partial charge < -0.3 is 9.67 Å². The maximum absolute atomic E-state index is 11.2. The Kier molecular flexibility index (Phi) is 4.03. The first-order valence-electron chi connectivity index (χ1n) is 7.10. The van der Waals surface area contributed by atoms with E-state index in [0.29, 0.717) is 0 Å². The third-order valence-electron chi connectivity index (χ3n) is 3.94. The van der Waals surface area contributed by atoms with Gasteiger partial charge >= 0.3 is 5.97 Å². The van der Waals surface area contributed by atoms with E-state index in [2.05, 4.69) is 32.6 Å². The van der Waals surface area contributed by atoms with Gasteiger partial charge in [-0.2, -0.15) is 0 Å². The van der Waals surface area contributed by atoms with Gasteiger partial charge in [0.1, 0.15) is 0 Å². The van der Waals surface area contributed by atoms with Gasteiger partial charge in [0.15, 0.2) is 0 Å². The largest absolute Gasteiger partial charge is 0.481 e. The lowest BCUT2D eigenvalue weighted by molar-refractivity contribution is -0.136. The van der Waals surface area contributed by atoms with Crippen LogP contribution in [0.2, 0.25) is 0 Å². The zero-order chi connectivity index (χ0) is 15.7. The number of aliphatic carboxylic acids is 1. The molecule has 4 heteroatoms. The highest BCUT2D eigenvalue weighted by Crippen LogP contribution is 2.33. The van der Waals surface area contributed by atoms with Gasteiger partial charge in [0.25, 0.3) is 0 Å². The van der Waals surface area contributed by atoms with Crippen molar-refractivity contribution >= 4 is 32.8 Å². The Bertz CT molecular complexity index is 837. The number of hydrogen-bond acceptors (Lipinski definition) is 1. The van der Waals surface area contributed by atoms with Gasteiger partial charge in [0.2, 0.25) is 0 Å². The van der Waals surface area contributed by atoms with E-state index in [1.165, 1.54) is 5.56 Å². The standard InChI is InChI=1S/C18H16BrNO2/c1-12-14(10-17(21)22)18-15(19)8-5-9-16(18)20(12)11-13-6-3-2-4-7-13/h2-9H,10-11H2,1H3,(H,21,22). The number of hydrogen-bond donors (Lipinski definition) is 1. The second kappa shape index (κ2) is 5.97. The molecule has 0 spiro atoms. The van der Waals surface area contributed by atoms with Gasteiger partial charge in [0, 0.05) is 27.6 Å². The van der Waals surface area contributed by atoms with Crippen LogP contribution in [0.4, 0.5) is 0 Å². The molecule has 0 unspecified atom stereocenters. The third kappa shape index (κ3) is 2.66. The summed E-state index contributed by atoms with van der Waals surface area (Å²) < 4.78 is 3.13. The monoisotopic (exact) mass is 357 g/mol. The molecule has 0 bridgehead atoms. The lowest BCUT2D eigenvalue weighted by atomic mass is 10.1. The van der Waals surface area contributed by atoms with Crippen molar-refractivity contribution in [3.63, 3.8) is 0 Å². The molecule has 3 rings (SSSR count). The Morgan fingerprint density at radius 3 is 2.55 bits per heavy atom. The van der Waals surface area contributed by atoms with Crippen LogP contribution in [0.1, 0.15) is 16.8 Å². The molecule has 0 aliphatic heterocycles. The summed E-state index contributed by atoms with van der Waals surface area (Å²) in [6.07, 6.45) is 0.0345. The first kappa shape index (κ1) is 14.9. The molecular weight excluding hydrogens is 342 g/mol. The van der Waals surface area contributed by atoms with Crippen LogP contribution in [-0.2, 0) is 17.8 Å². The van der Waals surface area contributed by atoms with E-state index in [-0.39, 0.29) is 6.42 Å². The molecule has 0 aliphatic carbocycles. The van der Waals surface area contributed by atoms with Crippen molar-refractivity contribution in [3.8, 4) is 0 Å². The molecule has 3 aromatic rings. The summed E-state index contributed by atoms with van der Waals surface area (Å²) in [5.41, 5.74) is 4.15. The van der Waals surface area contributed by atoms with Crippen LogP contribution >= 0.6 is 15.9 Å². The van der Waals surface area contributed by atoms with Crippen molar-refractivity contribution in [2.45, 2.75) is 19.9 Å². The minimum atomic E-state index is -0.808. The normalized spacial score (nSPS) is 11.0. The highest BCUT2D eigenvalue weighted by Gasteiger charge is 2.18. The van der Waals surface area contributed by atoms with Gasteiger partial charge in [0.05, 0.1) is 6.42 Å². The number of carboxylic acid groups (broad SMARTS) is 1. The summed E-state index contributed by atoms with van der Waals surface area (Å²) >= 11 is 3.56. The topological polar surface area (TPSA) is 42.2 Å². The van der Waals surface area contributed by atoms with E-state index in [9.17, 15) is 9.90 Å². The molecule has 1 N–H and O–H groups in total. The van der Waals surface area contributed by atoms with E-state index in [0.717, 1.165) is 33.2 Å². The lowest BCUT2D eigenvalue weighted by Crippen LogP contribution is -2.05. The quantitative estimate of drug-likeness (QED) is 0.752. The Morgan fingerprint density at radius 1 is 1.14 bits per heavy atom. The average Bonchev–Trinajstić information content (AvgIpc) is 2.75. The van der Waals surface area contributed by atoms with Crippen molar-refractivity contribution in [3.05, 3.63) is 69.8 Å². The Balaban J connectivity index is 2.20. The van der Waals surface area contributed by atoms with E-state index < -0.39 is 5.97 Å². The van der Waals surface area contributed by atoms with Gasteiger partial charge in [-0.05, 0) is 30.2 Å². The zero-order valence-corrected chi connectivity index (χ0v) is 13.8. The molecule has 0 saturated heterocycles. The first-order valence-corrected chi connectivity index (χ1v) is 7.89. The average molecular weight is 358 g/mol. The molecule has 0 atom stereocenters.